The minimum absolute atomic E-state index is 0.280. The number of nitrogens with one attached hydrogen (secondary N) is 1. The molecule has 0 spiro atoms. The fourth-order valence-electron chi connectivity index (χ4n) is 2.48. The number of halogens is 1. The maximum absolute atomic E-state index is 4.71. The standard InChI is InChI=1S/C17H24BrN3/c1-5-13(3)21-9-8-15(20-21)11-17(19-4)16-10-14(18)7-6-12(16)2/h6-10,13,17,19H,5,11H2,1-4H3. The lowest BCUT2D eigenvalue weighted by atomic mass is 9.98. The fraction of sp³-hybridized carbons (Fsp3) is 0.471. The summed E-state index contributed by atoms with van der Waals surface area (Å²) in [5.74, 6) is 0. The summed E-state index contributed by atoms with van der Waals surface area (Å²) in [6.45, 7) is 6.54. The number of aromatic nitrogens is 2. The SMILES string of the molecule is CCC(C)n1ccc(CC(NC)c2cc(Br)ccc2C)n1. The third-order valence-corrected chi connectivity index (χ3v) is 4.58. The van der Waals surface area contributed by atoms with Gasteiger partial charge in [-0.25, -0.2) is 0 Å². The monoisotopic (exact) mass is 349 g/mol. The van der Waals surface area contributed by atoms with Crippen LogP contribution in [0.5, 0.6) is 0 Å². The summed E-state index contributed by atoms with van der Waals surface area (Å²) in [6, 6.07) is 9.30. The van der Waals surface area contributed by atoms with E-state index in [1.807, 2.05) is 7.05 Å². The Morgan fingerprint density at radius 3 is 2.76 bits per heavy atom. The van der Waals surface area contributed by atoms with Gasteiger partial charge in [-0.1, -0.05) is 28.9 Å². The molecule has 2 atom stereocenters. The summed E-state index contributed by atoms with van der Waals surface area (Å²) in [6.07, 6.45) is 4.09. The second kappa shape index (κ2) is 7.23. The van der Waals surface area contributed by atoms with Crippen LogP contribution < -0.4 is 5.32 Å². The number of hydrogen-bond acceptors (Lipinski definition) is 2. The lowest BCUT2D eigenvalue weighted by Gasteiger charge is -2.18. The number of benzene rings is 1. The van der Waals surface area contributed by atoms with Crippen LogP contribution in [-0.2, 0) is 6.42 Å². The molecule has 0 aliphatic heterocycles. The molecule has 114 valence electrons. The highest BCUT2D eigenvalue weighted by Crippen LogP contribution is 2.25. The summed E-state index contributed by atoms with van der Waals surface area (Å²) < 4.78 is 3.18. The van der Waals surface area contributed by atoms with Crippen molar-refractivity contribution in [3.63, 3.8) is 0 Å². The van der Waals surface area contributed by atoms with Gasteiger partial charge in [0.25, 0.3) is 0 Å². The van der Waals surface area contributed by atoms with Gasteiger partial charge >= 0.3 is 0 Å². The lowest BCUT2D eigenvalue weighted by Crippen LogP contribution is -2.20. The molecule has 2 unspecified atom stereocenters. The first-order valence-electron chi connectivity index (χ1n) is 7.52. The maximum Gasteiger partial charge on any atom is 0.0643 e. The molecule has 1 aromatic carbocycles. The first-order chi connectivity index (χ1) is 10.0. The lowest BCUT2D eigenvalue weighted by molar-refractivity contribution is 0.469. The van der Waals surface area contributed by atoms with E-state index in [9.17, 15) is 0 Å². The Kier molecular flexibility index (Phi) is 5.59. The number of nitrogens with zero attached hydrogens (tertiary/aromatic N) is 2. The zero-order valence-corrected chi connectivity index (χ0v) is 14.8. The average molecular weight is 350 g/mol. The third-order valence-electron chi connectivity index (χ3n) is 4.08. The Bertz CT molecular complexity index is 591. The van der Waals surface area contributed by atoms with Crippen LogP contribution >= 0.6 is 15.9 Å². The molecule has 0 saturated heterocycles. The predicted octanol–water partition coefficient (Wildman–Crippen LogP) is 4.43. The van der Waals surface area contributed by atoms with Crippen molar-refractivity contribution in [2.45, 2.75) is 45.7 Å². The van der Waals surface area contributed by atoms with Crippen LogP contribution in [0.1, 0.15) is 49.2 Å². The molecule has 0 aliphatic carbocycles. The van der Waals surface area contributed by atoms with E-state index in [0.717, 1.165) is 23.0 Å². The number of likely N-dealkylation sites (N-methyl/N-ethyl adjacent to an activating group) is 1. The molecule has 0 amide bonds. The second-order valence-corrected chi connectivity index (χ2v) is 6.51. The minimum atomic E-state index is 0.280. The van der Waals surface area contributed by atoms with Crippen molar-refractivity contribution in [2.24, 2.45) is 0 Å². The van der Waals surface area contributed by atoms with Gasteiger partial charge < -0.3 is 5.32 Å². The van der Waals surface area contributed by atoms with Crippen LogP contribution in [0.3, 0.4) is 0 Å². The van der Waals surface area contributed by atoms with E-state index < -0.39 is 0 Å². The highest BCUT2D eigenvalue weighted by Gasteiger charge is 2.15. The van der Waals surface area contributed by atoms with Gasteiger partial charge in [0.15, 0.2) is 0 Å². The van der Waals surface area contributed by atoms with Gasteiger partial charge in [-0.2, -0.15) is 5.10 Å². The quantitative estimate of drug-likeness (QED) is 0.835. The molecule has 21 heavy (non-hydrogen) atoms. The van der Waals surface area contributed by atoms with Gasteiger partial charge in [-0.3, -0.25) is 4.68 Å². The summed E-state index contributed by atoms with van der Waals surface area (Å²) >= 11 is 3.56. The van der Waals surface area contributed by atoms with Crippen molar-refractivity contribution in [1.82, 2.24) is 15.1 Å². The van der Waals surface area contributed by atoms with Crippen molar-refractivity contribution in [3.8, 4) is 0 Å². The molecule has 0 aliphatic rings. The Hall–Kier alpha value is -1.13. The molecular weight excluding hydrogens is 326 g/mol. The third kappa shape index (κ3) is 3.95. The molecule has 0 radical (unpaired) electrons. The summed E-state index contributed by atoms with van der Waals surface area (Å²) in [7, 11) is 2.01. The normalized spacial score (nSPS) is 14.1. The minimum Gasteiger partial charge on any atom is -0.313 e. The van der Waals surface area contributed by atoms with E-state index in [2.05, 4.69) is 77.2 Å². The summed E-state index contributed by atoms with van der Waals surface area (Å²) in [5, 5.41) is 8.13. The van der Waals surface area contributed by atoms with Crippen LogP contribution in [0.25, 0.3) is 0 Å². The molecule has 1 aromatic heterocycles. The molecule has 1 N–H and O–H groups in total. The summed E-state index contributed by atoms with van der Waals surface area (Å²) in [4.78, 5) is 0. The van der Waals surface area contributed by atoms with Gasteiger partial charge in [-0.15, -0.1) is 0 Å². The van der Waals surface area contributed by atoms with Crippen LogP contribution in [-0.4, -0.2) is 16.8 Å². The number of hydrogen-bond donors (Lipinski definition) is 1. The molecule has 0 fully saturated rings. The van der Waals surface area contributed by atoms with E-state index in [0.29, 0.717) is 6.04 Å². The molecule has 3 nitrogen and oxygen atoms in total. The molecule has 0 saturated carbocycles. The van der Waals surface area contributed by atoms with Crippen molar-refractivity contribution >= 4 is 15.9 Å². The molecule has 0 bridgehead atoms. The van der Waals surface area contributed by atoms with Gasteiger partial charge in [-0.05, 0) is 56.6 Å². The van der Waals surface area contributed by atoms with E-state index in [4.69, 9.17) is 5.10 Å². The Labute approximate surface area is 135 Å². The summed E-state index contributed by atoms with van der Waals surface area (Å²) in [5.41, 5.74) is 3.76. The molecule has 2 aromatic rings. The van der Waals surface area contributed by atoms with Crippen molar-refractivity contribution in [3.05, 3.63) is 51.8 Å². The topological polar surface area (TPSA) is 29.9 Å². The van der Waals surface area contributed by atoms with Crippen LogP contribution in [0, 0.1) is 6.92 Å². The maximum atomic E-state index is 4.71. The van der Waals surface area contributed by atoms with E-state index in [1.165, 1.54) is 11.1 Å². The molecule has 4 heteroatoms. The van der Waals surface area contributed by atoms with Gasteiger partial charge in [0.05, 0.1) is 5.69 Å². The van der Waals surface area contributed by atoms with Crippen molar-refractivity contribution in [2.75, 3.05) is 7.05 Å². The second-order valence-electron chi connectivity index (χ2n) is 5.59. The Balaban J connectivity index is 2.19. The predicted molar refractivity (Wildman–Crippen MR) is 91.6 cm³/mol. The zero-order chi connectivity index (χ0) is 15.4. The van der Waals surface area contributed by atoms with Crippen LogP contribution in [0.15, 0.2) is 34.9 Å². The first-order valence-corrected chi connectivity index (χ1v) is 8.31. The molecular formula is C17H24BrN3. The van der Waals surface area contributed by atoms with E-state index in [1.54, 1.807) is 0 Å². The average Bonchev–Trinajstić information content (AvgIpc) is 2.95. The molecule has 2 rings (SSSR count). The molecule has 1 heterocycles. The zero-order valence-electron chi connectivity index (χ0n) is 13.2. The van der Waals surface area contributed by atoms with Crippen LogP contribution in [0.4, 0.5) is 0 Å². The largest absolute Gasteiger partial charge is 0.313 e. The number of aryl methyl sites for hydroxylation is 1. The van der Waals surface area contributed by atoms with E-state index >= 15 is 0 Å². The van der Waals surface area contributed by atoms with Gasteiger partial charge in [0.2, 0.25) is 0 Å². The number of rotatable bonds is 6. The highest BCUT2D eigenvalue weighted by atomic mass is 79.9. The Morgan fingerprint density at radius 1 is 1.33 bits per heavy atom. The highest BCUT2D eigenvalue weighted by molar-refractivity contribution is 9.10. The Morgan fingerprint density at radius 2 is 2.10 bits per heavy atom. The van der Waals surface area contributed by atoms with Crippen LogP contribution in [0.2, 0.25) is 0 Å². The smallest absolute Gasteiger partial charge is 0.0643 e. The van der Waals surface area contributed by atoms with Gasteiger partial charge in [0.1, 0.15) is 0 Å². The first kappa shape index (κ1) is 16.2. The van der Waals surface area contributed by atoms with Gasteiger partial charge in [0, 0.05) is 29.2 Å². The van der Waals surface area contributed by atoms with Crippen molar-refractivity contribution < 1.29 is 0 Å². The fourth-order valence-corrected chi connectivity index (χ4v) is 2.86. The van der Waals surface area contributed by atoms with E-state index in [-0.39, 0.29) is 6.04 Å². The van der Waals surface area contributed by atoms with Crippen molar-refractivity contribution in [1.29, 1.82) is 0 Å².